The first-order valence-electron chi connectivity index (χ1n) is 9.21. The summed E-state index contributed by atoms with van der Waals surface area (Å²) in [5, 5.41) is 0. The maximum absolute atomic E-state index is 12.8. The lowest BCUT2D eigenvalue weighted by Gasteiger charge is -2.32. The van der Waals surface area contributed by atoms with Gasteiger partial charge in [0.05, 0.1) is 33.0 Å². The van der Waals surface area contributed by atoms with Crippen LogP contribution < -0.4 is 9.47 Å². The number of methoxy groups -OCH3 is 2. The summed E-state index contributed by atoms with van der Waals surface area (Å²) in [6.07, 6.45) is 0. The number of rotatable bonds is 7. The highest BCUT2D eigenvalue weighted by atomic mass is 16.5. The third kappa shape index (κ3) is 4.18. The van der Waals surface area contributed by atoms with E-state index >= 15 is 0 Å². The second-order valence-corrected chi connectivity index (χ2v) is 6.29. The van der Waals surface area contributed by atoms with Gasteiger partial charge in [0, 0.05) is 29.0 Å². The lowest BCUT2D eigenvalue weighted by atomic mass is 9.75. The second kappa shape index (κ2) is 9.39. The summed E-state index contributed by atoms with van der Waals surface area (Å²) >= 11 is 0. The van der Waals surface area contributed by atoms with E-state index in [4.69, 9.17) is 18.9 Å². The molecule has 1 aliphatic rings. The van der Waals surface area contributed by atoms with Crippen LogP contribution in [-0.4, -0.2) is 45.1 Å². The molecular weight excluding hydrogens is 362 g/mol. The number of hydrogen-bond donors (Lipinski definition) is 0. The number of aliphatic imine (C=N–C) groups is 1. The molecule has 0 bridgehead atoms. The molecule has 0 saturated carbocycles. The topological polar surface area (TPSA) is 83.4 Å². The third-order valence-electron chi connectivity index (χ3n) is 4.64. The number of carbonyl (C=O) groups excluding carboxylic acids is 2. The number of nitrogens with zero attached hydrogens (tertiary/aromatic N) is 1. The van der Waals surface area contributed by atoms with Crippen LogP contribution in [0.3, 0.4) is 0 Å². The van der Waals surface area contributed by atoms with Crippen molar-refractivity contribution in [3.63, 3.8) is 0 Å². The molecule has 7 heteroatoms. The fourth-order valence-corrected chi connectivity index (χ4v) is 3.46. The third-order valence-corrected chi connectivity index (χ3v) is 4.64. The molecule has 7 nitrogen and oxygen atoms in total. The minimum absolute atomic E-state index is 0.217. The van der Waals surface area contributed by atoms with Gasteiger partial charge in [-0.05, 0) is 33.8 Å². The maximum Gasteiger partial charge on any atom is 0.336 e. The van der Waals surface area contributed by atoms with E-state index in [0.29, 0.717) is 34.0 Å². The highest BCUT2D eigenvalue weighted by Crippen LogP contribution is 2.44. The first-order chi connectivity index (χ1) is 13.4. The van der Waals surface area contributed by atoms with E-state index in [-0.39, 0.29) is 13.2 Å². The Morgan fingerprint density at radius 1 is 1.04 bits per heavy atom. The quantitative estimate of drug-likeness (QED) is 0.666. The Morgan fingerprint density at radius 3 is 2.29 bits per heavy atom. The first kappa shape index (κ1) is 21.5. The molecule has 2 unspecified atom stereocenters. The maximum atomic E-state index is 12.8. The Morgan fingerprint density at radius 2 is 1.71 bits per heavy atom. The smallest absolute Gasteiger partial charge is 0.336 e. The van der Waals surface area contributed by atoms with Crippen LogP contribution in [0.1, 0.15) is 39.2 Å². The molecule has 2 rings (SSSR count). The number of carbonyl (C=O) groups is 2. The first-order valence-corrected chi connectivity index (χ1v) is 9.21. The highest BCUT2D eigenvalue weighted by molar-refractivity contribution is 6.07. The second-order valence-electron chi connectivity index (χ2n) is 6.29. The predicted octanol–water partition coefficient (Wildman–Crippen LogP) is 3.28. The molecule has 0 saturated heterocycles. The molecular formula is C21H27NO6. The van der Waals surface area contributed by atoms with E-state index < -0.39 is 23.8 Å². The van der Waals surface area contributed by atoms with Gasteiger partial charge in [-0.15, -0.1) is 0 Å². The van der Waals surface area contributed by atoms with Gasteiger partial charge in [-0.3, -0.25) is 9.79 Å². The zero-order valence-electron chi connectivity index (χ0n) is 17.2. The van der Waals surface area contributed by atoms with E-state index in [2.05, 4.69) is 4.99 Å². The van der Waals surface area contributed by atoms with Crippen molar-refractivity contribution in [2.24, 2.45) is 10.9 Å². The van der Waals surface area contributed by atoms with E-state index in [1.165, 1.54) is 7.11 Å². The van der Waals surface area contributed by atoms with E-state index in [1.807, 2.05) is 0 Å². The van der Waals surface area contributed by atoms with Crippen molar-refractivity contribution in [3.05, 3.63) is 35.0 Å². The molecule has 0 aliphatic carbocycles. The van der Waals surface area contributed by atoms with Gasteiger partial charge < -0.3 is 18.9 Å². The van der Waals surface area contributed by atoms with Crippen LogP contribution in [0.2, 0.25) is 0 Å². The summed E-state index contributed by atoms with van der Waals surface area (Å²) < 4.78 is 21.4. The van der Waals surface area contributed by atoms with Crippen LogP contribution in [0.25, 0.3) is 0 Å². The van der Waals surface area contributed by atoms with Crippen LogP contribution in [0, 0.1) is 5.92 Å². The molecule has 1 heterocycles. The molecule has 2 atom stereocenters. The van der Waals surface area contributed by atoms with Gasteiger partial charge in [0.25, 0.3) is 0 Å². The van der Waals surface area contributed by atoms with Crippen LogP contribution in [0.4, 0.5) is 0 Å². The standard InChI is InChI=1S/C21H27NO6/c1-7-27-20(23)17-12(3)22-13(4)18(21(24)28-8-2)19(17)15-10-9-14(25-5)11-16(15)26-6/h9-11,17,19H,7-8H2,1-6H3. The van der Waals surface area contributed by atoms with Crippen molar-refractivity contribution < 1.29 is 28.5 Å². The van der Waals surface area contributed by atoms with Crippen LogP contribution in [-0.2, 0) is 19.1 Å². The summed E-state index contributed by atoms with van der Waals surface area (Å²) in [5.74, 6) is -1.24. The zero-order valence-corrected chi connectivity index (χ0v) is 17.2. The molecule has 0 aromatic heterocycles. The summed E-state index contributed by atoms with van der Waals surface area (Å²) in [6, 6.07) is 5.27. The van der Waals surface area contributed by atoms with Gasteiger partial charge in [0.2, 0.25) is 0 Å². The van der Waals surface area contributed by atoms with Crippen molar-refractivity contribution in [1.29, 1.82) is 0 Å². The summed E-state index contributed by atoms with van der Waals surface area (Å²) in [5.41, 5.74) is 2.08. The van der Waals surface area contributed by atoms with E-state index in [0.717, 1.165) is 0 Å². The molecule has 0 spiro atoms. The summed E-state index contributed by atoms with van der Waals surface area (Å²) in [6.45, 7) is 7.41. The van der Waals surface area contributed by atoms with E-state index in [1.54, 1.807) is 53.0 Å². The van der Waals surface area contributed by atoms with E-state index in [9.17, 15) is 9.59 Å². The average Bonchev–Trinajstić information content (AvgIpc) is 2.67. The average molecular weight is 389 g/mol. The van der Waals surface area contributed by atoms with Crippen LogP contribution >= 0.6 is 0 Å². The highest BCUT2D eigenvalue weighted by Gasteiger charge is 2.43. The van der Waals surface area contributed by atoms with Gasteiger partial charge in [0.1, 0.15) is 17.4 Å². The number of hydrogen-bond acceptors (Lipinski definition) is 7. The Hall–Kier alpha value is -2.83. The SMILES string of the molecule is CCOC(=O)C1=C(C)N=C(C)C(C(=O)OCC)C1c1ccc(OC)cc1OC. The van der Waals surface area contributed by atoms with Crippen molar-refractivity contribution in [1.82, 2.24) is 0 Å². The monoisotopic (exact) mass is 389 g/mol. The predicted molar refractivity (Wildman–Crippen MR) is 105 cm³/mol. The van der Waals surface area contributed by atoms with Crippen LogP contribution in [0.15, 0.2) is 34.5 Å². The van der Waals surface area contributed by atoms with Crippen molar-refractivity contribution in [2.75, 3.05) is 27.4 Å². The lowest BCUT2D eigenvalue weighted by Crippen LogP contribution is -2.36. The molecule has 28 heavy (non-hydrogen) atoms. The Labute approximate surface area is 165 Å². The molecule has 152 valence electrons. The molecule has 0 N–H and O–H groups in total. The molecule has 1 aliphatic heterocycles. The number of esters is 2. The van der Waals surface area contributed by atoms with Gasteiger partial charge in [-0.2, -0.15) is 0 Å². The van der Waals surface area contributed by atoms with Crippen molar-refractivity contribution in [3.8, 4) is 11.5 Å². The number of benzene rings is 1. The lowest BCUT2D eigenvalue weighted by molar-refractivity contribution is -0.146. The van der Waals surface area contributed by atoms with Gasteiger partial charge in [0.15, 0.2) is 0 Å². The molecule has 1 aromatic rings. The molecule has 1 aromatic carbocycles. The van der Waals surface area contributed by atoms with Crippen LogP contribution in [0.5, 0.6) is 11.5 Å². The Balaban J connectivity index is 2.71. The molecule has 0 amide bonds. The summed E-state index contributed by atoms with van der Waals surface area (Å²) in [4.78, 5) is 30.0. The minimum atomic E-state index is -0.759. The number of ether oxygens (including phenoxy) is 4. The normalized spacial score (nSPS) is 19.0. The largest absolute Gasteiger partial charge is 0.497 e. The molecule has 0 radical (unpaired) electrons. The summed E-state index contributed by atoms with van der Waals surface area (Å²) in [7, 11) is 3.09. The van der Waals surface area contributed by atoms with Crippen molar-refractivity contribution >= 4 is 17.7 Å². The number of allylic oxidation sites excluding steroid dienone is 1. The fourth-order valence-electron chi connectivity index (χ4n) is 3.46. The van der Waals surface area contributed by atoms with Gasteiger partial charge in [-0.1, -0.05) is 6.07 Å². The van der Waals surface area contributed by atoms with Gasteiger partial charge in [-0.25, -0.2) is 4.79 Å². The minimum Gasteiger partial charge on any atom is -0.497 e. The van der Waals surface area contributed by atoms with Crippen molar-refractivity contribution in [2.45, 2.75) is 33.6 Å². The van der Waals surface area contributed by atoms with Gasteiger partial charge >= 0.3 is 11.9 Å². The Kier molecular flexibility index (Phi) is 7.20. The fraction of sp³-hybridized carbons (Fsp3) is 0.476. The molecule has 0 fully saturated rings. The zero-order chi connectivity index (χ0) is 20.8. The Bertz CT molecular complexity index is 811.